The zero-order valence-electron chi connectivity index (χ0n) is 12.5. The maximum atomic E-state index is 12.8. The van der Waals surface area contributed by atoms with E-state index in [9.17, 15) is 9.18 Å². The Hall–Kier alpha value is -2.63. The summed E-state index contributed by atoms with van der Waals surface area (Å²) < 4.78 is 18.3. The van der Waals surface area contributed by atoms with Crippen LogP contribution in [0.1, 0.15) is 5.56 Å². The van der Waals surface area contributed by atoms with E-state index in [1.54, 1.807) is 38.4 Å². The highest BCUT2D eigenvalue weighted by Crippen LogP contribution is 2.12. The van der Waals surface area contributed by atoms with E-state index < -0.39 is 0 Å². The number of amides is 2. The number of rotatable bonds is 5. The molecule has 0 saturated carbocycles. The van der Waals surface area contributed by atoms with Gasteiger partial charge in [0, 0.05) is 26.6 Å². The van der Waals surface area contributed by atoms with E-state index in [1.165, 1.54) is 23.2 Å². The fraction of sp³-hybridized carbons (Fsp3) is 0.250. The van der Waals surface area contributed by atoms with Crippen LogP contribution >= 0.6 is 0 Å². The number of urea groups is 1. The third-order valence-corrected chi connectivity index (χ3v) is 2.95. The Kier molecular flexibility index (Phi) is 5.30. The van der Waals surface area contributed by atoms with Gasteiger partial charge >= 0.3 is 6.03 Å². The van der Waals surface area contributed by atoms with Crippen molar-refractivity contribution in [1.29, 1.82) is 0 Å². The van der Waals surface area contributed by atoms with Crippen LogP contribution in [0.3, 0.4) is 0 Å². The second kappa shape index (κ2) is 7.40. The Morgan fingerprint density at radius 3 is 2.55 bits per heavy atom. The van der Waals surface area contributed by atoms with E-state index >= 15 is 0 Å². The topological polar surface area (TPSA) is 54.5 Å². The highest BCUT2D eigenvalue weighted by Gasteiger charge is 2.04. The molecule has 22 heavy (non-hydrogen) atoms. The fourth-order valence-electron chi connectivity index (χ4n) is 1.70. The summed E-state index contributed by atoms with van der Waals surface area (Å²) in [5.41, 5.74) is 1.60. The lowest BCUT2D eigenvalue weighted by atomic mass is 10.2. The molecule has 2 amide bonds. The van der Waals surface area contributed by atoms with Crippen LogP contribution in [0.2, 0.25) is 0 Å². The van der Waals surface area contributed by atoms with Crippen LogP contribution in [-0.2, 0) is 6.42 Å². The van der Waals surface area contributed by atoms with E-state index in [1.807, 2.05) is 0 Å². The average Bonchev–Trinajstić information content (AvgIpc) is 2.51. The summed E-state index contributed by atoms with van der Waals surface area (Å²) in [4.78, 5) is 17.0. The molecule has 0 aliphatic carbocycles. The molecule has 1 aromatic carbocycles. The molecule has 0 radical (unpaired) electrons. The molecule has 1 N–H and O–H groups in total. The lowest BCUT2D eigenvalue weighted by molar-refractivity contribution is 0.230. The SMILES string of the molecule is CN(C)C(=O)Nc1ccc(OCCc2ccc(F)cc2)nc1. The van der Waals surface area contributed by atoms with Gasteiger partial charge in [0.15, 0.2) is 0 Å². The molecule has 0 saturated heterocycles. The van der Waals surface area contributed by atoms with Crippen molar-refractivity contribution >= 4 is 11.7 Å². The third-order valence-electron chi connectivity index (χ3n) is 2.95. The first-order valence-corrected chi connectivity index (χ1v) is 6.86. The number of carbonyl (C=O) groups is 1. The molecule has 6 heteroatoms. The van der Waals surface area contributed by atoms with Gasteiger partial charge in [-0.15, -0.1) is 0 Å². The number of ether oxygens (including phenoxy) is 1. The molecule has 2 rings (SSSR count). The smallest absolute Gasteiger partial charge is 0.321 e. The number of hydrogen-bond acceptors (Lipinski definition) is 3. The lowest BCUT2D eigenvalue weighted by Crippen LogP contribution is -2.27. The molecule has 1 heterocycles. The number of benzene rings is 1. The molecular weight excluding hydrogens is 285 g/mol. The highest BCUT2D eigenvalue weighted by molar-refractivity contribution is 5.88. The zero-order chi connectivity index (χ0) is 15.9. The molecule has 5 nitrogen and oxygen atoms in total. The number of nitrogens with zero attached hydrogens (tertiary/aromatic N) is 2. The molecule has 0 aliphatic heterocycles. The van der Waals surface area contributed by atoms with Gasteiger partial charge in [0.25, 0.3) is 0 Å². The summed E-state index contributed by atoms with van der Waals surface area (Å²) in [6, 6.07) is 9.51. The van der Waals surface area contributed by atoms with Crippen molar-refractivity contribution in [1.82, 2.24) is 9.88 Å². The number of aromatic nitrogens is 1. The summed E-state index contributed by atoms with van der Waals surface area (Å²) in [7, 11) is 3.32. The number of nitrogens with one attached hydrogen (secondary N) is 1. The van der Waals surface area contributed by atoms with Gasteiger partial charge in [-0.3, -0.25) is 0 Å². The van der Waals surface area contributed by atoms with Crippen LogP contribution < -0.4 is 10.1 Å². The minimum atomic E-state index is -0.248. The van der Waals surface area contributed by atoms with Crippen LogP contribution in [-0.4, -0.2) is 36.6 Å². The van der Waals surface area contributed by atoms with Gasteiger partial charge in [-0.25, -0.2) is 14.2 Å². The van der Waals surface area contributed by atoms with Crippen molar-refractivity contribution in [2.24, 2.45) is 0 Å². The van der Waals surface area contributed by atoms with Crippen LogP contribution in [0.4, 0.5) is 14.9 Å². The van der Waals surface area contributed by atoms with Gasteiger partial charge in [-0.1, -0.05) is 12.1 Å². The Balaban J connectivity index is 1.81. The minimum Gasteiger partial charge on any atom is -0.477 e. The fourth-order valence-corrected chi connectivity index (χ4v) is 1.70. The monoisotopic (exact) mass is 303 g/mol. The normalized spacial score (nSPS) is 10.1. The van der Waals surface area contributed by atoms with Crippen molar-refractivity contribution in [2.45, 2.75) is 6.42 Å². The number of pyridine rings is 1. The first kappa shape index (κ1) is 15.8. The predicted octanol–water partition coefficient (Wildman–Crippen LogP) is 2.94. The average molecular weight is 303 g/mol. The summed E-state index contributed by atoms with van der Waals surface area (Å²) >= 11 is 0. The second-order valence-electron chi connectivity index (χ2n) is 4.93. The summed E-state index contributed by atoms with van der Waals surface area (Å²) in [5, 5.41) is 2.69. The highest BCUT2D eigenvalue weighted by atomic mass is 19.1. The van der Waals surface area contributed by atoms with Crippen molar-refractivity contribution in [2.75, 3.05) is 26.0 Å². The second-order valence-corrected chi connectivity index (χ2v) is 4.93. The van der Waals surface area contributed by atoms with Crippen LogP contribution in [0.25, 0.3) is 0 Å². The quantitative estimate of drug-likeness (QED) is 0.924. The number of hydrogen-bond donors (Lipinski definition) is 1. The first-order chi connectivity index (χ1) is 10.5. The third kappa shape index (κ3) is 4.73. The van der Waals surface area contributed by atoms with Gasteiger partial charge in [0.05, 0.1) is 18.5 Å². The van der Waals surface area contributed by atoms with Crippen molar-refractivity contribution in [3.8, 4) is 5.88 Å². The van der Waals surface area contributed by atoms with E-state index in [4.69, 9.17) is 4.74 Å². The molecule has 1 aromatic heterocycles. The van der Waals surface area contributed by atoms with Gasteiger partial charge < -0.3 is 15.0 Å². The van der Waals surface area contributed by atoms with E-state index in [0.717, 1.165) is 5.56 Å². The number of anilines is 1. The van der Waals surface area contributed by atoms with E-state index in [0.29, 0.717) is 24.6 Å². The molecular formula is C16H18FN3O2. The van der Waals surface area contributed by atoms with E-state index in [2.05, 4.69) is 10.3 Å². The van der Waals surface area contributed by atoms with Crippen LogP contribution in [0.15, 0.2) is 42.6 Å². The Bertz CT molecular complexity index is 612. The molecule has 0 fully saturated rings. The summed E-state index contributed by atoms with van der Waals surface area (Å²) in [5.74, 6) is 0.228. The summed E-state index contributed by atoms with van der Waals surface area (Å²) in [6.45, 7) is 0.446. The predicted molar refractivity (Wildman–Crippen MR) is 82.5 cm³/mol. The standard InChI is InChI=1S/C16H18FN3O2/c1-20(2)16(21)19-14-7-8-15(18-11-14)22-10-9-12-3-5-13(17)6-4-12/h3-8,11H,9-10H2,1-2H3,(H,19,21). The number of halogens is 1. The van der Waals surface area contributed by atoms with Crippen molar-refractivity contribution < 1.29 is 13.9 Å². The van der Waals surface area contributed by atoms with Crippen LogP contribution in [0.5, 0.6) is 5.88 Å². The lowest BCUT2D eigenvalue weighted by Gasteiger charge is -2.12. The maximum absolute atomic E-state index is 12.8. The minimum absolute atomic E-state index is 0.216. The first-order valence-electron chi connectivity index (χ1n) is 6.86. The van der Waals surface area contributed by atoms with E-state index in [-0.39, 0.29) is 11.8 Å². The summed E-state index contributed by atoms with van der Waals surface area (Å²) in [6.07, 6.45) is 2.20. The molecule has 116 valence electrons. The largest absolute Gasteiger partial charge is 0.477 e. The Labute approximate surface area is 128 Å². The van der Waals surface area contributed by atoms with Crippen molar-refractivity contribution in [3.63, 3.8) is 0 Å². The Morgan fingerprint density at radius 2 is 1.95 bits per heavy atom. The van der Waals surface area contributed by atoms with Gasteiger partial charge in [0.2, 0.25) is 5.88 Å². The van der Waals surface area contributed by atoms with Gasteiger partial charge in [0.1, 0.15) is 5.82 Å². The van der Waals surface area contributed by atoms with Crippen molar-refractivity contribution in [3.05, 3.63) is 54.0 Å². The molecule has 0 aliphatic rings. The van der Waals surface area contributed by atoms with Crippen LogP contribution in [0, 0.1) is 5.82 Å². The molecule has 2 aromatic rings. The van der Waals surface area contributed by atoms with Gasteiger partial charge in [-0.05, 0) is 23.8 Å². The maximum Gasteiger partial charge on any atom is 0.321 e. The number of carbonyl (C=O) groups excluding carboxylic acids is 1. The molecule has 0 bridgehead atoms. The molecule has 0 atom stereocenters. The zero-order valence-corrected chi connectivity index (χ0v) is 12.5. The Morgan fingerprint density at radius 1 is 1.23 bits per heavy atom. The van der Waals surface area contributed by atoms with Gasteiger partial charge in [-0.2, -0.15) is 0 Å². The molecule has 0 spiro atoms. The molecule has 0 unspecified atom stereocenters.